The van der Waals surface area contributed by atoms with Gasteiger partial charge >= 0.3 is 0 Å². The zero-order valence-electron chi connectivity index (χ0n) is 10.2. The van der Waals surface area contributed by atoms with Gasteiger partial charge in [0.2, 0.25) is 0 Å². The number of pyridine rings is 1. The Morgan fingerprint density at radius 2 is 2.33 bits per heavy atom. The molecule has 2 heterocycles. The van der Waals surface area contributed by atoms with Crippen LogP contribution in [0.5, 0.6) is 0 Å². The lowest BCUT2D eigenvalue weighted by Gasteiger charge is -2.27. The van der Waals surface area contributed by atoms with Crippen LogP contribution in [0.4, 0.5) is 0 Å². The van der Waals surface area contributed by atoms with Gasteiger partial charge in [-0.15, -0.1) is 0 Å². The maximum atomic E-state index is 12.1. The molecule has 18 heavy (non-hydrogen) atoms. The Labute approximate surface area is 104 Å². The summed E-state index contributed by atoms with van der Waals surface area (Å²) in [5, 5.41) is 11.2. The molecule has 2 aromatic rings. The van der Waals surface area contributed by atoms with Gasteiger partial charge in [0.1, 0.15) is 12.0 Å². The molecule has 5 heteroatoms. The molecule has 0 radical (unpaired) electrons. The molecule has 0 aromatic carbocycles. The van der Waals surface area contributed by atoms with Gasteiger partial charge in [-0.05, 0) is 32.3 Å². The van der Waals surface area contributed by atoms with Gasteiger partial charge < -0.3 is 5.11 Å². The summed E-state index contributed by atoms with van der Waals surface area (Å²) in [4.78, 5) is 20.2. The van der Waals surface area contributed by atoms with Crippen LogP contribution in [0.25, 0.3) is 11.0 Å². The molecule has 0 amide bonds. The van der Waals surface area contributed by atoms with Gasteiger partial charge in [-0.3, -0.25) is 9.36 Å². The highest BCUT2D eigenvalue weighted by Gasteiger charge is 2.39. The smallest absolute Gasteiger partial charge is 0.252 e. The van der Waals surface area contributed by atoms with E-state index in [9.17, 15) is 9.90 Å². The summed E-state index contributed by atoms with van der Waals surface area (Å²) in [5.41, 5.74) is -0.360. The highest BCUT2D eigenvalue weighted by molar-refractivity contribution is 5.73. The molecule has 0 unspecified atom stereocenters. The number of rotatable bonds is 1. The molecule has 94 valence electrons. The Balaban J connectivity index is 2.28. The van der Waals surface area contributed by atoms with Gasteiger partial charge in [-0.25, -0.2) is 9.97 Å². The van der Waals surface area contributed by atoms with Crippen molar-refractivity contribution in [1.82, 2.24) is 14.5 Å². The van der Waals surface area contributed by atoms with E-state index in [0.717, 1.165) is 18.2 Å². The summed E-state index contributed by atoms with van der Waals surface area (Å²) in [7, 11) is 0. The Morgan fingerprint density at radius 1 is 1.50 bits per heavy atom. The first kappa shape index (κ1) is 11.3. The van der Waals surface area contributed by atoms with Gasteiger partial charge in [0.15, 0.2) is 0 Å². The molecule has 1 fully saturated rings. The van der Waals surface area contributed by atoms with Crippen molar-refractivity contribution in [3.05, 3.63) is 35.0 Å². The van der Waals surface area contributed by atoms with Gasteiger partial charge in [0.05, 0.1) is 11.6 Å². The third kappa shape index (κ3) is 1.62. The van der Waals surface area contributed by atoms with Crippen LogP contribution in [0.3, 0.4) is 0 Å². The predicted molar refractivity (Wildman–Crippen MR) is 67.3 cm³/mol. The average Bonchev–Trinajstić information content (AvgIpc) is 2.69. The number of hydrogen-bond donors (Lipinski definition) is 1. The molecule has 1 N–H and O–H groups in total. The second-order valence-corrected chi connectivity index (χ2v) is 5.11. The average molecular weight is 245 g/mol. The molecule has 2 aromatic heterocycles. The third-order valence-corrected chi connectivity index (χ3v) is 3.78. The maximum Gasteiger partial charge on any atom is 0.252 e. The van der Waals surface area contributed by atoms with Crippen LogP contribution in [-0.4, -0.2) is 25.2 Å². The summed E-state index contributed by atoms with van der Waals surface area (Å²) in [6.45, 7) is 1.79. The molecule has 1 aliphatic rings. The SMILES string of the molecule is C[C@@]1(O)CCC[C@H]1n1c(=O)ccc2cncnc21. The van der Waals surface area contributed by atoms with Crippen molar-refractivity contribution in [2.45, 2.75) is 37.8 Å². The Hall–Kier alpha value is -1.75. The lowest BCUT2D eigenvalue weighted by Crippen LogP contribution is -2.37. The fourth-order valence-corrected chi connectivity index (χ4v) is 2.84. The number of aliphatic hydroxyl groups is 1. The van der Waals surface area contributed by atoms with Crippen LogP contribution in [0.1, 0.15) is 32.2 Å². The second-order valence-electron chi connectivity index (χ2n) is 5.11. The third-order valence-electron chi connectivity index (χ3n) is 3.78. The molecule has 0 spiro atoms. The van der Waals surface area contributed by atoms with Crippen LogP contribution in [0.15, 0.2) is 29.5 Å². The van der Waals surface area contributed by atoms with Gasteiger partial charge in [0, 0.05) is 17.6 Å². The van der Waals surface area contributed by atoms with Crippen molar-refractivity contribution in [1.29, 1.82) is 0 Å². The van der Waals surface area contributed by atoms with Crippen molar-refractivity contribution in [3.63, 3.8) is 0 Å². The normalized spacial score (nSPS) is 27.8. The topological polar surface area (TPSA) is 68.0 Å². The van der Waals surface area contributed by atoms with Crippen molar-refractivity contribution >= 4 is 11.0 Å². The lowest BCUT2D eigenvalue weighted by molar-refractivity contribution is 0.0267. The van der Waals surface area contributed by atoms with Crippen molar-refractivity contribution in [3.8, 4) is 0 Å². The summed E-state index contributed by atoms with van der Waals surface area (Å²) in [5.74, 6) is 0. The standard InChI is InChI=1S/C13H15N3O2/c1-13(18)6-2-3-10(13)16-11(17)5-4-9-7-14-8-15-12(9)16/h4-5,7-8,10,18H,2-3,6H2,1H3/t10-,13-/m1/s1. The van der Waals surface area contributed by atoms with Crippen molar-refractivity contribution < 1.29 is 5.11 Å². The summed E-state index contributed by atoms with van der Waals surface area (Å²) >= 11 is 0. The van der Waals surface area contributed by atoms with E-state index in [-0.39, 0.29) is 11.6 Å². The highest BCUT2D eigenvalue weighted by atomic mass is 16.3. The molecule has 0 bridgehead atoms. The molecule has 5 nitrogen and oxygen atoms in total. The summed E-state index contributed by atoms with van der Waals surface area (Å²) in [6.07, 6.45) is 5.55. The molecule has 2 atom stereocenters. The minimum atomic E-state index is -0.844. The van der Waals surface area contributed by atoms with Crippen LogP contribution >= 0.6 is 0 Å². The Bertz CT molecular complexity index is 648. The van der Waals surface area contributed by atoms with Crippen molar-refractivity contribution in [2.75, 3.05) is 0 Å². The van der Waals surface area contributed by atoms with E-state index < -0.39 is 5.60 Å². The van der Waals surface area contributed by atoms with E-state index in [0.29, 0.717) is 12.1 Å². The summed E-state index contributed by atoms with van der Waals surface area (Å²) in [6, 6.07) is 3.03. The Kier molecular flexibility index (Phi) is 2.45. The first-order valence-electron chi connectivity index (χ1n) is 6.13. The number of nitrogens with zero attached hydrogens (tertiary/aromatic N) is 3. The number of aromatic nitrogens is 3. The molecular weight excluding hydrogens is 230 g/mol. The molecule has 3 rings (SSSR count). The first-order valence-corrected chi connectivity index (χ1v) is 6.13. The fourth-order valence-electron chi connectivity index (χ4n) is 2.84. The van der Waals surface area contributed by atoms with E-state index in [2.05, 4.69) is 9.97 Å². The Morgan fingerprint density at radius 3 is 3.06 bits per heavy atom. The second kappa shape index (κ2) is 3.88. The van der Waals surface area contributed by atoms with Gasteiger partial charge in [0.25, 0.3) is 5.56 Å². The molecular formula is C13H15N3O2. The first-order chi connectivity index (χ1) is 8.59. The number of fused-ring (bicyclic) bond motifs is 1. The highest BCUT2D eigenvalue weighted by Crippen LogP contribution is 2.39. The summed E-state index contributed by atoms with van der Waals surface area (Å²) < 4.78 is 1.62. The maximum absolute atomic E-state index is 12.1. The minimum absolute atomic E-state index is 0.117. The van der Waals surface area contributed by atoms with Crippen LogP contribution in [0.2, 0.25) is 0 Å². The minimum Gasteiger partial charge on any atom is -0.388 e. The van der Waals surface area contributed by atoms with E-state index >= 15 is 0 Å². The van der Waals surface area contributed by atoms with Crippen LogP contribution in [0, 0.1) is 0 Å². The number of hydrogen-bond acceptors (Lipinski definition) is 4. The van der Waals surface area contributed by atoms with E-state index in [1.807, 2.05) is 0 Å². The monoisotopic (exact) mass is 245 g/mol. The van der Waals surface area contributed by atoms with Gasteiger partial charge in [-0.1, -0.05) is 0 Å². The van der Waals surface area contributed by atoms with Gasteiger partial charge in [-0.2, -0.15) is 0 Å². The van der Waals surface area contributed by atoms with Crippen LogP contribution in [-0.2, 0) is 0 Å². The lowest BCUT2D eigenvalue weighted by atomic mass is 10.00. The quantitative estimate of drug-likeness (QED) is 0.821. The molecule has 1 saturated carbocycles. The van der Waals surface area contributed by atoms with Crippen LogP contribution < -0.4 is 5.56 Å². The largest absolute Gasteiger partial charge is 0.388 e. The molecule has 0 aliphatic heterocycles. The predicted octanol–water partition coefficient (Wildman–Crippen LogP) is 1.27. The molecule has 1 aliphatic carbocycles. The zero-order valence-corrected chi connectivity index (χ0v) is 10.2. The zero-order chi connectivity index (χ0) is 12.8. The van der Waals surface area contributed by atoms with Crippen molar-refractivity contribution in [2.24, 2.45) is 0 Å². The van der Waals surface area contributed by atoms with E-state index in [4.69, 9.17) is 0 Å². The van der Waals surface area contributed by atoms with E-state index in [1.165, 1.54) is 12.4 Å². The molecule has 0 saturated heterocycles. The fraction of sp³-hybridized carbons (Fsp3) is 0.462. The van der Waals surface area contributed by atoms with E-state index in [1.54, 1.807) is 23.8 Å².